The van der Waals surface area contributed by atoms with Gasteiger partial charge in [0.25, 0.3) is 0 Å². The third-order valence-corrected chi connectivity index (χ3v) is 0.914. The quantitative estimate of drug-likeness (QED) is 0.488. The summed E-state index contributed by atoms with van der Waals surface area (Å²) in [4.78, 5) is 0. The first-order valence-electron chi connectivity index (χ1n) is 2.02. The van der Waals surface area contributed by atoms with Gasteiger partial charge in [0.1, 0.15) is 4.75 Å². The Labute approximate surface area is 51.5 Å². The maximum Gasteiger partial charge on any atom is 0.403 e. The first kappa shape index (κ1) is 8.14. The first-order valence-corrected chi connectivity index (χ1v) is 2.43. The molecule has 8 heavy (non-hydrogen) atoms. The van der Waals surface area contributed by atoms with E-state index in [4.69, 9.17) is 0 Å². The van der Waals surface area contributed by atoms with Crippen molar-refractivity contribution in [2.75, 3.05) is 0 Å². The predicted octanol–water partition coefficient (Wildman–Crippen LogP) is 2.52. The van der Waals surface area contributed by atoms with Crippen LogP contribution >= 0.6 is 12.6 Å². The van der Waals surface area contributed by atoms with Gasteiger partial charge >= 0.3 is 6.18 Å². The molecule has 0 unspecified atom stereocenters. The van der Waals surface area contributed by atoms with Crippen molar-refractivity contribution in [3.05, 3.63) is 0 Å². The lowest BCUT2D eigenvalue weighted by Gasteiger charge is -2.19. The van der Waals surface area contributed by atoms with Crippen molar-refractivity contribution in [1.82, 2.24) is 0 Å². The highest BCUT2D eigenvalue weighted by Crippen LogP contribution is 2.34. The van der Waals surface area contributed by atoms with Crippen molar-refractivity contribution in [1.29, 1.82) is 0 Å². The Morgan fingerprint density at radius 1 is 1.12 bits per heavy atom. The molecule has 0 aromatic heterocycles. The van der Waals surface area contributed by atoms with Gasteiger partial charge in [0.2, 0.25) is 0 Å². The van der Waals surface area contributed by atoms with Gasteiger partial charge in [-0.2, -0.15) is 13.2 Å². The molecule has 49 valence electrons. The third kappa shape index (κ3) is 1.94. The molecule has 0 saturated carbocycles. The minimum Gasteiger partial charge on any atom is -0.169 e. The van der Waals surface area contributed by atoms with E-state index in [1.807, 2.05) is 0 Å². The van der Waals surface area contributed by atoms with E-state index in [1.54, 1.807) is 0 Å². The van der Waals surface area contributed by atoms with Crippen molar-refractivity contribution in [3.63, 3.8) is 0 Å². The number of hydrogen-bond donors (Lipinski definition) is 0. The van der Waals surface area contributed by atoms with Crippen molar-refractivity contribution < 1.29 is 13.2 Å². The smallest absolute Gasteiger partial charge is 0.169 e. The van der Waals surface area contributed by atoms with Crippen LogP contribution in [-0.2, 0) is 0 Å². The van der Waals surface area contributed by atoms with E-state index in [0.29, 0.717) is 0 Å². The highest BCUT2D eigenvalue weighted by Gasteiger charge is 2.45. The Hall–Kier alpha value is 0.140. The normalized spacial score (nSPS) is 14.2. The molecule has 0 aromatic rings. The van der Waals surface area contributed by atoms with Crippen molar-refractivity contribution >= 4 is 12.6 Å². The van der Waals surface area contributed by atoms with Gasteiger partial charge in [-0.1, -0.05) is 12.6 Å². The van der Waals surface area contributed by atoms with Gasteiger partial charge in [0.15, 0.2) is 0 Å². The molecule has 0 aromatic carbocycles. The van der Waals surface area contributed by atoms with Crippen LogP contribution in [0.5, 0.6) is 0 Å². The molecule has 0 heterocycles. The summed E-state index contributed by atoms with van der Waals surface area (Å²) in [6.45, 7) is 1.92. The third-order valence-electron chi connectivity index (χ3n) is 0.683. The minimum atomic E-state index is -4.25. The zero-order valence-corrected chi connectivity index (χ0v) is 5.36. The van der Waals surface area contributed by atoms with Crippen LogP contribution in [0, 0.1) is 0 Å². The fourth-order valence-electron chi connectivity index (χ4n) is 0. The summed E-state index contributed by atoms with van der Waals surface area (Å²) in [5.41, 5.74) is 0. The lowest BCUT2D eigenvalue weighted by Crippen LogP contribution is -2.32. The van der Waals surface area contributed by atoms with Crippen molar-refractivity contribution in [2.45, 2.75) is 24.8 Å². The average molecular weight is 143 g/mol. The zero-order chi connectivity index (χ0) is 7.00. The van der Waals surface area contributed by atoms with E-state index in [0.717, 1.165) is 13.8 Å². The standard InChI is InChI=1S/C4H6F3S/c1-3(2,8)4(5,6)7/h1-2H3. The molecule has 0 fully saturated rings. The molecule has 0 rings (SSSR count). The molecule has 0 bridgehead atoms. The maximum atomic E-state index is 11.5. The second-order valence-corrected chi connectivity index (χ2v) is 3.03. The molecule has 0 aliphatic carbocycles. The van der Waals surface area contributed by atoms with E-state index in [9.17, 15) is 13.2 Å². The Balaban J connectivity index is 4.02. The van der Waals surface area contributed by atoms with Gasteiger partial charge in [-0.05, 0) is 13.8 Å². The topological polar surface area (TPSA) is 0 Å². The second kappa shape index (κ2) is 1.83. The van der Waals surface area contributed by atoms with Crippen molar-refractivity contribution in [3.8, 4) is 0 Å². The summed E-state index contributed by atoms with van der Waals surface area (Å²) in [5, 5.41) is 0. The average Bonchev–Trinajstić information content (AvgIpc) is 1.25. The molecule has 0 spiro atoms. The molecule has 0 aliphatic heterocycles. The molecule has 0 N–H and O–H groups in total. The molecule has 1 radical (unpaired) electrons. The minimum absolute atomic E-state index is 0.961. The number of hydrogen-bond acceptors (Lipinski definition) is 0. The molecule has 0 saturated heterocycles. The number of halogens is 3. The van der Waals surface area contributed by atoms with E-state index >= 15 is 0 Å². The van der Waals surface area contributed by atoms with Gasteiger partial charge in [0, 0.05) is 0 Å². The summed E-state index contributed by atoms with van der Waals surface area (Å²) in [6, 6.07) is 0. The summed E-state index contributed by atoms with van der Waals surface area (Å²) in [7, 11) is 0. The lowest BCUT2D eigenvalue weighted by atomic mass is 10.2. The van der Waals surface area contributed by atoms with Crippen LogP contribution in [0.2, 0.25) is 0 Å². The SMILES string of the molecule is CC(C)([S])C(F)(F)F. The van der Waals surface area contributed by atoms with Crippen LogP contribution in [0.25, 0.3) is 0 Å². The van der Waals surface area contributed by atoms with E-state index in [1.165, 1.54) is 0 Å². The van der Waals surface area contributed by atoms with E-state index in [2.05, 4.69) is 12.6 Å². The second-order valence-electron chi connectivity index (χ2n) is 2.01. The summed E-state index contributed by atoms with van der Waals surface area (Å²) >= 11 is 4.10. The Morgan fingerprint density at radius 2 is 1.25 bits per heavy atom. The first-order chi connectivity index (χ1) is 3.25. The molecule has 0 amide bonds. The number of rotatable bonds is 0. The highest BCUT2D eigenvalue weighted by molar-refractivity contribution is 7.81. The van der Waals surface area contributed by atoms with E-state index < -0.39 is 10.9 Å². The van der Waals surface area contributed by atoms with Crippen LogP contribution < -0.4 is 0 Å². The number of alkyl halides is 3. The Bertz CT molecular complexity index is 66.3. The van der Waals surface area contributed by atoms with Gasteiger partial charge in [0.05, 0.1) is 0 Å². The van der Waals surface area contributed by atoms with Crippen LogP contribution in [0.4, 0.5) is 13.2 Å². The maximum absolute atomic E-state index is 11.5. The van der Waals surface area contributed by atoms with Crippen LogP contribution in [-0.4, -0.2) is 10.9 Å². The summed E-state index contributed by atoms with van der Waals surface area (Å²) in [6.07, 6.45) is -4.25. The predicted molar refractivity (Wildman–Crippen MR) is 27.7 cm³/mol. The molecular formula is C4H6F3S. The van der Waals surface area contributed by atoms with Crippen LogP contribution in [0.3, 0.4) is 0 Å². The summed E-state index contributed by atoms with van der Waals surface area (Å²) < 4.78 is 32.4. The monoisotopic (exact) mass is 143 g/mol. The fraction of sp³-hybridized carbons (Fsp3) is 1.00. The van der Waals surface area contributed by atoms with Gasteiger partial charge < -0.3 is 0 Å². The molecule has 4 heteroatoms. The molecule has 0 atom stereocenters. The molecule has 0 nitrogen and oxygen atoms in total. The fourth-order valence-corrected chi connectivity index (χ4v) is 0. The largest absolute Gasteiger partial charge is 0.403 e. The zero-order valence-electron chi connectivity index (χ0n) is 4.54. The van der Waals surface area contributed by atoms with Crippen molar-refractivity contribution in [2.24, 2.45) is 0 Å². The lowest BCUT2D eigenvalue weighted by molar-refractivity contribution is -0.150. The summed E-state index contributed by atoms with van der Waals surface area (Å²) in [5.74, 6) is 0. The van der Waals surface area contributed by atoms with Crippen LogP contribution in [0.1, 0.15) is 13.8 Å². The van der Waals surface area contributed by atoms with Gasteiger partial charge in [-0.25, -0.2) is 0 Å². The van der Waals surface area contributed by atoms with Gasteiger partial charge in [-0.3, -0.25) is 0 Å². The Kier molecular flexibility index (Phi) is 1.86. The highest BCUT2D eigenvalue weighted by atomic mass is 32.1. The molecular weight excluding hydrogens is 137 g/mol. The van der Waals surface area contributed by atoms with Crippen LogP contribution in [0.15, 0.2) is 0 Å². The van der Waals surface area contributed by atoms with Gasteiger partial charge in [-0.15, -0.1) is 0 Å². The molecule has 0 aliphatic rings. The van der Waals surface area contributed by atoms with E-state index in [-0.39, 0.29) is 0 Å². The Morgan fingerprint density at radius 3 is 1.25 bits per heavy atom.